The first kappa shape index (κ1) is 20.7. The van der Waals surface area contributed by atoms with E-state index in [0.717, 1.165) is 33.7 Å². The summed E-state index contributed by atoms with van der Waals surface area (Å²) < 4.78 is 1.75. The lowest BCUT2D eigenvalue weighted by atomic mass is 9.99. The molecule has 0 aliphatic carbocycles. The van der Waals surface area contributed by atoms with Gasteiger partial charge in [0.2, 0.25) is 0 Å². The van der Waals surface area contributed by atoms with Crippen molar-refractivity contribution in [3.63, 3.8) is 0 Å². The number of nitrogens with zero attached hydrogens (tertiary/aromatic N) is 5. The maximum atomic E-state index is 13.9. The Morgan fingerprint density at radius 2 is 1.74 bits per heavy atom. The highest BCUT2D eigenvalue weighted by Gasteiger charge is 2.28. The summed E-state index contributed by atoms with van der Waals surface area (Å²) in [4.78, 5) is 25.0. The molecule has 6 nitrogen and oxygen atoms in total. The van der Waals surface area contributed by atoms with Gasteiger partial charge >= 0.3 is 0 Å². The number of carbonyl (C=O) groups excluding carboxylic acids is 1. The van der Waals surface area contributed by atoms with Crippen LogP contribution in [0.4, 0.5) is 0 Å². The highest BCUT2D eigenvalue weighted by atomic mass is 16.2. The molecule has 6 heteroatoms. The van der Waals surface area contributed by atoms with Crippen LogP contribution in [-0.4, -0.2) is 37.6 Å². The molecule has 0 fully saturated rings. The van der Waals surface area contributed by atoms with Crippen LogP contribution in [0.5, 0.6) is 0 Å². The fourth-order valence-corrected chi connectivity index (χ4v) is 4.00. The minimum atomic E-state index is -0.308. The van der Waals surface area contributed by atoms with Crippen LogP contribution in [0.2, 0.25) is 0 Å². The van der Waals surface area contributed by atoms with E-state index >= 15 is 0 Å². The average molecular weight is 414 g/mol. The number of carbonyl (C=O) groups is 1. The second-order valence-electron chi connectivity index (χ2n) is 8.14. The molecule has 1 aromatic carbocycles. The number of rotatable bonds is 5. The Morgan fingerprint density at radius 1 is 1.03 bits per heavy atom. The van der Waals surface area contributed by atoms with E-state index in [1.807, 2.05) is 75.6 Å². The van der Waals surface area contributed by atoms with E-state index in [0.29, 0.717) is 5.56 Å². The van der Waals surface area contributed by atoms with Crippen molar-refractivity contribution in [3.8, 4) is 0 Å². The monoisotopic (exact) mass is 413 g/mol. The van der Waals surface area contributed by atoms with Gasteiger partial charge in [-0.1, -0.05) is 50.2 Å². The summed E-state index contributed by atoms with van der Waals surface area (Å²) in [6.07, 6.45) is 1.76. The number of fused-ring (bicyclic) bond motifs is 1. The lowest BCUT2D eigenvalue weighted by molar-refractivity contribution is 0.0754. The molecular formula is C25H27N5O. The van der Waals surface area contributed by atoms with Gasteiger partial charge in [0.1, 0.15) is 0 Å². The van der Waals surface area contributed by atoms with Gasteiger partial charge in [0.25, 0.3) is 5.91 Å². The minimum absolute atomic E-state index is 0.0788. The van der Waals surface area contributed by atoms with E-state index in [1.165, 1.54) is 0 Å². The van der Waals surface area contributed by atoms with Crippen molar-refractivity contribution in [1.82, 2.24) is 24.6 Å². The smallest absolute Gasteiger partial charge is 0.255 e. The summed E-state index contributed by atoms with van der Waals surface area (Å²) in [7, 11) is 3.70. The van der Waals surface area contributed by atoms with Crippen LogP contribution in [0, 0.1) is 6.92 Å². The highest BCUT2D eigenvalue weighted by Crippen LogP contribution is 2.31. The zero-order valence-electron chi connectivity index (χ0n) is 18.6. The van der Waals surface area contributed by atoms with Crippen LogP contribution < -0.4 is 0 Å². The van der Waals surface area contributed by atoms with E-state index in [1.54, 1.807) is 15.8 Å². The summed E-state index contributed by atoms with van der Waals surface area (Å²) in [5.41, 5.74) is 4.86. The standard InChI is InChI=1S/C25H27N5O/c1-16(2)21-15-19(22-17(3)28-30(5)24(22)27-21)25(31)29(4)23(18-11-7-6-8-12-18)20-13-9-10-14-26-20/h6-16,23H,1-5H3. The fraction of sp³-hybridized carbons (Fsp3) is 0.280. The molecule has 0 N–H and O–H groups in total. The van der Waals surface area contributed by atoms with E-state index in [-0.39, 0.29) is 17.9 Å². The Labute approximate surface area is 182 Å². The van der Waals surface area contributed by atoms with Crippen LogP contribution in [0.1, 0.15) is 58.8 Å². The SMILES string of the molecule is Cc1nn(C)c2nc(C(C)C)cc(C(=O)N(C)C(c3ccccc3)c3ccccn3)c12. The molecular weight excluding hydrogens is 386 g/mol. The predicted octanol–water partition coefficient (Wildman–Crippen LogP) is 4.66. The van der Waals surface area contributed by atoms with Gasteiger partial charge in [-0.05, 0) is 36.6 Å². The van der Waals surface area contributed by atoms with Gasteiger partial charge < -0.3 is 4.90 Å². The third kappa shape index (κ3) is 3.81. The highest BCUT2D eigenvalue weighted by molar-refractivity contribution is 6.06. The summed E-state index contributed by atoms with van der Waals surface area (Å²) in [6, 6.07) is 17.4. The Balaban J connectivity index is 1.87. The first-order valence-electron chi connectivity index (χ1n) is 10.5. The van der Waals surface area contributed by atoms with Crippen molar-refractivity contribution in [2.75, 3.05) is 7.05 Å². The molecule has 4 aromatic rings. The second-order valence-corrected chi connectivity index (χ2v) is 8.14. The number of hydrogen-bond donors (Lipinski definition) is 0. The van der Waals surface area contributed by atoms with Gasteiger partial charge in [0.15, 0.2) is 5.65 Å². The van der Waals surface area contributed by atoms with Crippen molar-refractivity contribution in [2.45, 2.75) is 32.7 Å². The van der Waals surface area contributed by atoms with Gasteiger partial charge in [0.05, 0.1) is 28.4 Å². The van der Waals surface area contributed by atoms with Crippen molar-refractivity contribution >= 4 is 16.9 Å². The molecule has 0 aliphatic heterocycles. The Morgan fingerprint density at radius 3 is 2.39 bits per heavy atom. The van der Waals surface area contributed by atoms with Crippen LogP contribution in [0.25, 0.3) is 11.0 Å². The maximum Gasteiger partial charge on any atom is 0.255 e. The fourth-order valence-electron chi connectivity index (χ4n) is 4.00. The van der Waals surface area contributed by atoms with E-state index in [2.05, 4.69) is 23.9 Å². The summed E-state index contributed by atoms with van der Waals surface area (Å²) in [6.45, 7) is 6.08. The molecule has 0 aliphatic rings. The zero-order valence-corrected chi connectivity index (χ0v) is 18.6. The molecule has 4 rings (SSSR count). The first-order chi connectivity index (χ1) is 14.9. The maximum absolute atomic E-state index is 13.9. The van der Waals surface area contributed by atoms with Crippen LogP contribution >= 0.6 is 0 Å². The molecule has 0 spiro atoms. The number of pyridine rings is 2. The molecule has 1 amide bonds. The molecule has 0 radical (unpaired) electrons. The van der Waals surface area contributed by atoms with Gasteiger partial charge in [-0.15, -0.1) is 0 Å². The summed E-state index contributed by atoms with van der Waals surface area (Å²) in [5.74, 6) is 0.113. The topological polar surface area (TPSA) is 63.9 Å². The van der Waals surface area contributed by atoms with Gasteiger partial charge in [-0.25, -0.2) is 4.98 Å². The molecule has 0 saturated heterocycles. The summed E-state index contributed by atoms with van der Waals surface area (Å²) >= 11 is 0. The molecule has 0 saturated carbocycles. The van der Waals surface area contributed by atoms with Crippen LogP contribution in [0.3, 0.4) is 0 Å². The van der Waals surface area contributed by atoms with Gasteiger partial charge in [0, 0.05) is 26.0 Å². The number of hydrogen-bond acceptors (Lipinski definition) is 4. The van der Waals surface area contributed by atoms with Gasteiger partial charge in [-0.3, -0.25) is 14.5 Å². The lowest BCUT2D eigenvalue weighted by Crippen LogP contribution is -2.33. The predicted molar refractivity (Wildman–Crippen MR) is 122 cm³/mol. The van der Waals surface area contributed by atoms with Crippen LogP contribution in [-0.2, 0) is 7.05 Å². The van der Waals surface area contributed by atoms with Crippen molar-refractivity contribution < 1.29 is 4.79 Å². The Kier molecular flexibility index (Phi) is 5.55. The third-order valence-electron chi connectivity index (χ3n) is 5.60. The third-order valence-corrected chi connectivity index (χ3v) is 5.60. The average Bonchev–Trinajstić information content (AvgIpc) is 3.07. The molecule has 3 aromatic heterocycles. The zero-order chi connectivity index (χ0) is 22.1. The number of benzene rings is 1. The minimum Gasteiger partial charge on any atom is -0.329 e. The van der Waals surface area contributed by atoms with Crippen LogP contribution in [0.15, 0.2) is 60.8 Å². The van der Waals surface area contributed by atoms with E-state index < -0.39 is 0 Å². The van der Waals surface area contributed by atoms with Crippen molar-refractivity contribution in [1.29, 1.82) is 0 Å². The molecule has 3 heterocycles. The second kappa shape index (κ2) is 8.30. The van der Waals surface area contributed by atoms with Crippen molar-refractivity contribution in [3.05, 3.63) is 89.0 Å². The van der Waals surface area contributed by atoms with E-state index in [9.17, 15) is 4.79 Å². The largest absolute Gasteiger partial charge is 0.329 e. The quantitative estimate of drug-likeness (QED) is 0.477. The Hall–Kier alpha value is -3.54. The van der Waals surface area contributed by atoms with Gasteiger partial charge in [-0.2, -0.15) is 5.10 Å². The van der Waals surface area contributed by atoms with E-state index in [4.69, 9.17) is 4.98 Å². The summed E-state index contributed by atoms with van der Waals surface area (Å²) in [5, 5.41) is 5.33. The Bertz CT molecular complexity index is 1180. The molecule has 158 valence electrons. The molecule has 0 bridgehead atoms. The molecule has 1 atom stereocenters. The first-order valence-corrected chi connectivity index (χ1v) is 10.5. The normalized spacial score (nSPS) is 12.3. The molecule has 31 heavy (non-hydrogen) atoms. The number of aromatic nitrogens is 4. The molecule has 1 unspecified atom stereocenters. The van der Waals surface area contributed by atoms with Crippen molar-refractivity contribution in [2.24, 2.45) is 7.05 Å². The number of amides is 1. The lowest BCUT2D eigenvalue weighted by Gasteiger charge is -2.29. The number of aryl methyl sites for hydroxylation is 2.